The highest BCUT2D eigenvalue weighted by Gasteiger charge is 2.29. The molecule has 0 aromatic heterocycles. The molecule has 1 amide bonds. The van der Waals surface area contributed by atoms with Gasteiger partial charge in [0, 0.05) is 43.6 Å². The van der Waals surface area contributed by atoms with Crippen molar-refractivity contribution in [3.63, 3.8) is 0 Å². The number of amides is 1. The van der Waals surface area contributed by atoms with Crippen LogP contribution in [0.15, 0.2) is 24.3 Å². The Morgan fingerprint density at radius 1 is 1.17 bits per heavy atom. The molecule has 4 nitrogen and oxygen atoms in total. The summed E-state index contributed by atoms with van der Waals surface area (Å²) in [6.07, 6.45) is 2.57. The summed E-state index contributed by atoms with van der Waals surface area (Å²) >= 11 is 0. The van der Waals surface area contributed by atoms with Crippen molar-refractivity contribution in [3.8, 4) is 0 Å². The highest BCUT2D eigenvalue weighted by atomic mass is 16.2. The molecule has 1 aliphatic rings. The Bertz CT molecular complexity index is 510. The monoisotopic (exact) mass is 318 g/mol. The fourth-order valence-corrected chi connectivity index (χ4v) is 3.14. The molecule has 1 aliphatic heterocycles. The Hall–Kier alpha value is -1.55. The van der Waals surface area contributed by atoms with Crippen LogP contribution < -0.4 is 15.1 Å². The lowest BCUT2D eigenvalue weighted by molar-refractivity contribution is -0.918. The standard InChI is InChI=1S/C19H31N3O/c1-19(2,3)18(23)20-14-17(22-12-6-7-13-22)15-8-10-16(11-9-15)21(4)5/h8-11,17H,6-7,12-14H2,1-5H3,(H,20,23)/p+1/t17-/m0/s1. The largest absolute Gasteiger partial charge is 0.378 e. The van der Waals surface area contributed by atoms with Crippen LogP contribution in [0.25, 0.3) is 0 Å². The van der Waals surface area contributed by atoms with Crippen molar-refractivity contribution in [1.82, 2.24) is 5.32 Å². The molecule has 0 aliphatic carbocycles. The lowest BCUT2D eigenvalue weighted by Crippen LogP contribution is -3.11. The van der Waals surface area contributed by atoms with Crippen LogP contribution in [-0.4, -0.2) is 39.6 Å². The molecule has 0 unspecified atom stereocenters. The van der Waals surface area contributed by atoms with Crippen LogP contribution in [-0.2, 0) is 4.79 Å². The molecule has 1 atom stereocenters. The fourth-order valence-electron chi connectivity index (χ4n) is 3.14. The minimum absolute atomic E-state index is 0.131. The van der Waals surface area contributed by atoms with E-state index in [-0.39, 0.29) is 11.3 Å². The Kier molecular flexibility index (Phi) is 5.69. The molecule has 1 heterocycles. The lowest BCUT2D eigenvalue weighted by atomic mass is 9.95. The number of anilines is 1. The number of rotatable bonds is 5. The minimum atomic E-state index is -0.334. The molecule has 128 valence electrons. The molecule has 0 saturated carbocycles. The molecule has 1 fully saturated rings. The van der Waals surface area contributed by atoms with Crippen molar-refractivity contribution in [1.29, 1.82) is 0 Å². The Balaban J connectivity index is 2.12. The third kappa shape index (κ3) is 4.71. The van der Waals surface area contributed by atoms with Gasteiger partial charge >= 0.3 is 0 Å². The van der Waals surface area contributed by atoms with Gasteiger partial charge in [-0.25, -0.2) is 0 Å². The molecule has 2 rings (SSSR count). The van der Waals surface area contributed by atoms with Gasteiger partial charge in [-0.15, -0.1) is 0 Å². The van der Waals surface area contributed by atoms with Gasteiger partial charge in [0.2, 0.25) is 5.91 Å². The van der Waals surface area contributed by atoms with Crippen LogP contribution in [0.3, 0.4) is 0 Å². The van der Waals surface area contributed by atoms with E-state index >= 15 is 0 Å². The third-order valence-electron chi connectivity index (χ3n) is 4.70. The molecule has 23 heavy (non-hydrogen) atoms. The van der Waals surface area contributed by atoms with Crippen LogP contribution in [0.5, 0.6) is 0 Å². The second kappa shape index (κ2) is 7.35. The van der Waals surface area contributed by atoms with Gasteiger partial charge < -0.3 is 15.1 Å². The van der Waals surface area contributed by atoms with Crippen molar-refractivity contribution in [2.45, 2.75) is 39.7 Å². The van der Waals surface area contributed by atoms with Gasteiger partial charge in [0.25, 0.3) is 0 Å². The number of quaternary nitrogens is 1. The number of hydrogen-bond acceptors (Lipinski definition) is 2. The zero-order valence-electron chi connectivity index (χ0n) is 15.3. The van der Waals surface area contributed by atoms with Crippen LogP contribution >= 0.6 is 0 Å². The van der Waals surface area contributed by atoms with Gasteiger partial charge in [-0.1, -0.05) is 32.9 Å². The van der Waals surface area contributed by atoms with Crippen molar-refractivity contribution in [3.05, 3.63) is 29.8 Å². The molecule has 1 aromatic rings. The summed E-state index contributed by atoms with van der Waals surface area (Å²) in [5, 5.41) is 3.17. The molecule has 4 heteroatoms. The quantitative estimate of drug-likeness (QED) is 0.866. The summed E-state index contributed by atoms with van der Waals surface area (Å²) in [6.45, 7) is 9.01. The fraction of sp³-hybridized carbons (Fsp3) is 0.632. The number of benzene rings is 1. The van der Waals surface area contributed by atoms with Crippen molar-refractivity contribution >= 4 is 11.6 Å². The van der Waals surface area contributed by atoms with Gasteiger partial charge in [-0.2, -0.15) is 0 Å². The van der Waals surface area contributed by atoms with E-state index in [1.54, 1.807) is 4.90 Å². The molecular formula is C19H32N3O+. The first-order valence-corrected chi connectivity index (χ1v) is 8.69. The number of nitrogens with one attached hydrogen (secondary N) is 2. The number of hydrogen-bond donors (Lipinski definition) is 2. The molecule has 1 saturated heterocycles. The molecule has 0 spiro atoms. The van der Waals surface area contributed by atoms with E-state index in [9.17, 15) is 4.79 Å². The van der Waals surface area contributed by atoms with Crippen LogP contribution in [0.1, 0.15) is 45.2 Å². The van der Waals surface area contributed by atoms with Gasteiger partial charge in [-0.05, 0) is 12.1 Å². The summed E-state index contributed by atoms with van der Waals surface area (Å²) < 4.78 is 0. The second-order valence-corrected chi connectivity index (χ2v) is 7.86. The smallest absolute Gasteiger partial charge is 0.225 e. The van der Waals surface area contributed by atoms with Crippen molar-refractivity contribution < 1.29 is 9.69 Å². The summed E-state index contributed by atoms with van der Waals surface area (Å²) in [4.78, 5) is 15.9. The average Bonchev–Trinajstić information content (AvgIpc) is 3.01. The first-order valence-electron chi connectivity index (χ1n) is 8.69. The SMILES string of the molecule is CN(C)c1ccc([C@H](CNC(=O)C(C)(C)C)[NH+]2CCCC2)cc1. The predicted molar refractivity (Wildman–Crippen MR) is 95.9 cm³/mol. The Morgan fingerprint density at radius 2 is 1.74 bits per heavy atom. The maximum atomic E-state index is 12.2. The van der Waals surface area contributed by atoms with E-state index in [4.69, 9.17) is 0 Å². The van der Waals surface area contributed by atoms with Crippen LogP contribution in [0.2, 0.25) is 0 Å². The topological polar surface area (TPSA) is 36.8 Å². The molecule has 0 bridgehead atoms. The zero-order chi connectivity index (χ0) is 17.0. The predicted octanol–water partition coefficient (Wildman–Crippen LogP) is 1.63. The first kappa shape index (κ1) is 17.8. The van der Waals surface area contributed by atoms with Crippen LogP contribution in [0.4, 0.5) is 5.69 Å². The zero-order valence-corrected chi connectivity index (χ0v) is 15.3. The van der Waals surface area contributed by atoms with E-state index < -0.39 is 0 Å². The third-order valence-corrected chi connectivity index (χ3v) is 4.70. The maximum absolute atomic E-state index is 12.2. The summed E-state index contributed by atoms with van der Waals surface area (Å²) in [5.74, 6) is 0.131. The van der Waals surface area contributed by atoms with Gasteiger partial charge in [-0.3, -0.25) is 4.79 Å². The highest BCUT2D eigenvalue weighted by Crippen LogP contribution is 2.18. The summed E-state index contributed by atoms with van der Waals surface area (Å²) in [7, 11) is 4.11. The van der Waals surface area contributed by atoms with E-state index in [0.717, 1.165) is 0 Å². The number of likely N-dealkylation sites (tertiary alicyclic amines) is 1. The summed E-state index contributed by atoms with van der Waals surface area (Å²) in [6, 6.07) is 9.12. The van der Waals surface area contributed by atoms with Gasteiger partial charge in [0.05, 0.1) is 19.6 Å². The van der Waals surface area contributed by atoms with E-state index in [1.165, 1.54) is 37.2 Å². The first-order chi connectivity index (χ1) is 10.8. The van der Waals surface area contributed by atoms with Crippen molar-refractivity contribution in [2.24, 2.45) is 5.41 Å². The molecule has 2 N–H and O–H groups in total. The highest BCUT2D eigenvalue weighted by molar-refractivity contribution is 5.81. The number of carbonyl (C=O) groups is 1. The average molecular weight is 318 g/mol. The second-order valence-electron chi connectivity index (χ2n) is 7.86. The van der Waals surface area contributed by atoms with Crippen LogP contribution in [0, 0.1) is 5.41 Å². The maximum Gasteiger partial charge on any atom is 0.225 e. The van der Waals surface area contributed by atoms with Crippen molar-refractivity contribution in [2.75, 3.05) is 38.6 Å². The minimum Gasteiger partial charge on any atom is -0.378 e. The van der Waals surface area contributed by atoms with E-state index in [0.29, 0.717) is 12.6 Å². The van der Waals surface area contributed by atoms with E-state index in [2.05, 4.69) is 48.6 Å². The number of nitrogens with zero attached hydrogens (tertiary/aromatic N) is 1. The van der Waals surface area contributed by atoms with Gasteiger partial charge in [0.15, 0.2) is 0 Å². The Morgan fingerprint density at radius 3 is 2.22 bits per heavy atom. The van der Waals surface area contributed by atoms with Gasteiger partial charge in [0.1, 0.15) is 6.04 Å². The summed E-state index contributed by atoms with van der Waals surface area (Å²) in [5.41, 5.74) is 2.20. The lowest BCUT2D eigenvalue weighted by Gasteiger charge is -2.27. The molecule has 0 radical (unpaired) electrons. The Labute approximate surface area is 140 Å². The van der Waals surface area contributed by atoms with E-state index in [1.807, 2.05) is 20.8 Å². The number of carbonyl (C=O) groups excluding carboxylic acids is 1. The normalized spacial score (nSPS) is 17.1. The molecule has 1 aromatic carbocycles. The molecular weight excluding hydrogens is 286 g/mol.